The van der Waals surface area contributed by atoms with Gasteiger partial charge < -0.3 is 14.8 Å². The standard InChI is InChI=1S/C18H16N2O5/c1-11-9-15(22)16(17(23)19-11)14(21)6-5-12-3-2-4-13(10-12)20-7-8-25-18(20)24/h2-6,9-10H,7-8H2,1H3,(H2,19,22,23)/b6-5+. The van der Waals surface area contributed by atoms with Crippen molar-refractivity contribution in [2.24, 2.45) is 0 Å². The zero-order valence-electron chi connectivity index (χ0n) is 13.5. The molecule has 2 aromatic rings. The predicted molar refractivity (Wildman–Crippen MR) is 92.0 cm³/mol. The van der Waals surface area contributed by atoms with Crippen LogP contribution in [-0.2, 0) is 4.74 Å². The van der Waals surface area contributed by atoms with Gasteiger partial charge in [0.15, 0.2) is 5.78 Å². The van der Waals surface area contributed by atoms with Gasteiger partial charge in [-0.2, -0.15) is 0 Å². The number of aromatic hydroxyl groups is 1. The number of H-pyrrole nitrogens is 1. The summed E-state index contributed by atoms with van der Waals surface area (Å²) < 4.78 is 4.90. The largest absolute Gasteiger partial charge is 0.507 e. The molecule has 1 aromatic carbocycles. The van der Waals surface area contributed by atoms with Crippen LogP contribution in [0.2, 0.25) is 0 Å². The Kier molecular flexibility index (Phi) is 4.38. The molecule has 0 aliphatic carbocycles. The topological polar surface area (TPSA) is 99.7 Å². The normalized spacial score (nSPS) is 14.1. The van der Waals surface area contributed by atoms with E-state index in [0.29, 0.717) is 30.1 Å². The number of hydrogen-bond acceptors (Lipinski definition) is 5. The van der Waals surface area contributed by atoms with Crippen LogP contribution < -0.4 is 10.5 Å². The number of ketones is 1. The molecule has 2 heterocycles. The number of carbonyl (C=O) groups excluding carboxylic acids is 2. The maximum Gasteiger partial charge on any atom is 0.414 e. The molecule has 3 rings (SSSR count). The maximum atomic E-state index is 12.2. The van der Waals surface area contributed by atoms with Crippen LogP contribution in [0.3, 0.4) is 0 Å². The number of ether oxygens (including phenoxy) is 1. The fraction of sp³-hybridized carbons (Fsp3) is 0.167. The van der Waals surface area contributed by atoms with Crippen LogP contribution in [0, 0.1) is 6.92 Å². The molecule has 1 fully saturated rings. The van der Waals surface area contributed by atoms with E-state index in [9.17, 15) is 19.5 Å². The third-order valence-corrected chi connectivity index (χ3v) is 3.76. The molecule has 7 nitrogen and oxygen atoms in total. The summed E-state index contributed by atoms with van der Waals surface area (Å²) in [6.45, 7) is 2.42. The van der Waals surface area contributed by atoms with Crippen molar-refractivity contribution >= 4 is 23.6 Å². The number of pyridine rings is 1. The van der Waals surface area contributed by atoms with Crippen LogP contribution in [0.25, 0.3) is 6.08 Å². The summed E-state index contributed by atoms with van der Waals surface area (Å²) in [6, 6.07) is 8.33. The van der Waals surface area contributed by atoms with Gasteiger partial charge in [-0.25, -0.2) is 4.79 Å². The van der Waals surface area contributed by atoms with E-state index in [1.165, 1.54) is 23.1 Å². The number of anilines is 1. The second-order valence-electron chi connectivity index (χ2n) is 5.60. The summed E-state index contributed by atoms with van der Waals surface area (Å²) in [5.41, 5.74) is 0.858. The molecular weight excluding hydrogens is 324 g/mol. The molecule has 1 saturated heterocycles. The Labute approximate surface area is 143 Å². The molecular formula is C18H16N2O5. The second-order valence-corrected chi connectivity index (χ2v) is 5.60. The lowest BCUT2D eigenvalue weighted by Gasteiger charge is -2.12. The molecule has 128 valence electrons. The van der Waals surface area contributed by atoms with Gasteiger partial charge in [0.05, 0.1) is 6.54 Å². The third-order valence-electron chi connectivity index (χ3n) is 3.76. The molecule has 0 saturated carbocycles. The number of benzene rings is 1. The van der Waals surface area contributed by atoms with E-state index in [4.69, 9.17) is 4.74 Å². The van der Waals surface area contributed by atoms with E-state index in [2.05, 4.69) is 4.98 Å². The van der Waals surface area contributed by atoms with Gasteiger partial charge in [0.1, 0.15) is 17.9 Å². The molecule has 1 aliphatic rings. The lowest BCUT2D eigenvalue weighted by molar-refractivity contribution is 0.104. The van der Waals surface area contributed by atoms with Crippen molar-refractivity contribution < 1.29 is 19.4 Å². The lowest BCUT2D eigenvalue weighted by Crippen LogP contribution is -2.23. The van der Waals surface area contributed by atoms with Crippen LogP contribution in [0.15, 0.2) is 41.2 Å². The average Bonchev–Trinajstić information content (AvgIpc) is 2.98. The molecule has 1 aromatic heterocycles. The van der Waals surface area contributed by atoms with Crippen molar-refractivity contribution in [2.75, 3.05) is 18.1 Å². The molecule has 0 radical (unpaired) electrons. The average molecular weight is 340 g/mol. The number of allylic oxidation sites excluding steroid dienone is 1. The highest BCUT2D eigenvalue weighted by Gasteiger charge is 2.23. The molecule has 0 spiro atoms. The number of aryl methyl sites for hydroxylation is 1. The van der Waals surface area contributed by atoms with Crippen molar-refractivity contribution in [3.63, 3.8) is 0 Å². The van der Waals surface area contributed by atoms with E-state index in [-0.39, 0.29) is 11.3 Å². The summed E-state index contributed by atoms with van der Waals surface area (Å²) >= 11 is 0. The van der Waals surface area contributed by atoms with E-state index < -0.39 is 17.4 Å². The maximum absolute atomic E-state index is 12.2. The first kappa shape index (κ1) is 16.5. The Bertz CT molecular complexity index is 929. The molecule has 7 heteroatoms. The van der Waals surface area contributed by atoms with Crippen LogP contribution in [0.4, 0.5) is 10.5 Å². The number of nitrogens with one attached hydrogen (secondary N) is 1. The number of hydrogen-bond donors (Lipinski definition) is 2. The fourth-order valence-electron chi connectivity index (χ4n) is 2.59. The number of carbonyl (C=O) groups is 2. The zero-order valence-corrected chi connectivity index (χ0v) is 13.5. The summed E-state index contributed by atoms with van der Waals surface area (Å²) in [5.74, 6) is -0.964. The van der Waals surface area contributed by atoms with E-state index in [1.807, 2.05) is 0 Å². The van der Waals surface area contributed by atoms with Crippen molar-refractivity contribution in [2.45, 2.75) is 6.92 Å². The summed E-state index contributed by atoms with van der Waals surface area (Å²) in [5, 5.41) is 9.82. The minimum atomic E-state index is -0.638. The van der Waals surface area contributed by atoms with Crippen LogP contribution in [0.5, 0.6) is 5.75 Å². The Morgan fingerprint density at radius 2 is 2.12 bits per heavy atom. The number of aromatic nitrogens is 1. The number of rotatable bonds is 4. The minimum Gasteiger partial charge on any atom is -0.507 e. The predicted octanol–water partition coefficient (Wildman–Crippen LogP) is 2.24. The summed E-state index contributed by atoms with van der Waals surface area (Å²) in [4.78, 5) is 39.6. The number of cyclic esters (lactones) is 1. The van der Waals surface area contributed by atoms with Crippen LogP contribution in [-0.4, -0.2) is 35.1 Å². The Morgan fingerprint density at radius 1 is 1.32 bits per heavy atom. The van der Waals surface area contributed by atoms with Gasteiger partial charge in [0.2, 0.25) is 0 Å². The third kappa shape index (κ3) is 3.45. The molecule has 2 N–H and O–H groups in total. The van der Waals surface area contributed by atoms with Crippen LogP contribution in [0.1, 0.15) is 21.6 Å². The molecule has 25 heavy (non-hydrogen) atoms. The van der Waals surface area contributed by atoms with E-state index >= 15 is 0 Å². The van der Waals surface area contributed by atoms with Crippen molar-refractivity contribution in [3.8, 4) is 5.75 Å². The van der Waals surface area contributed by atoms with E-state index in [0.717, 1.165) is 0 Å². The van der Waals surface area contributed by atoms with Gasteiger partial charge in [0.25, 0.3) is 5.56 Å². The van der Waals surface area contributed by atoms with E-state index in [1.54, 1.807) is 31.2 Å². The van der Waals surface area contributed by atoms with Crippen LogP contribution >= 0.6 is 0 Å². The van der Waals surface area contributed by atoms with Crippen molar-refractivity contribution in [1.29, 1.82) is 0 Å². The van der Waals surface area contributed by atoms with Gasteiger partial charge in [-0.05, 0) is 36.8 Å². The first-order chi connectivity index (χ1) is 12.0. The molecule has 1 amide bonds. The second kappa shape index (κ2) is 6.64. The molecule has 1 aliphatic heterocycles. The number of aromatic amines is 1. The number of nitrogens with zero attached hydrogens (tertiary/aromatic N) is 1. The molecule has 0 atom stereocenters. The van der Waals surface area contributed by atoms with Crippen molar-refractivity contribution in [3.05, 3.63) is 63.6 Å². The van der Waals surface area contributed by atoms with Gasteiger partial charge in [-0.1, -0.05) is 18.2 Å². The summed E-state index contributed by atoms with van der Waals surface area (Å²) in [6.07, 6.45) is 2.32. The SMILES string of the molecule is Cc1cc(O)c(C(=O)/C=C/c2cccc(N3CCOC3=O)c2)c(=O)[nH]1. The molecule has 0 bridgehead atoms. The fourth-order valence-corrected chi connectivity index (χ4v) is 2.59. The summed E-state index contributed by atoms with van der Waals surface area (Å²) in [7, 11) is 0. The lowest BCUT2D eigenvalue weighted by atomic mass is 10.1. The minimum absolute atomic E-state index is 0.305. The highest BCUT2D eigenvalue weighted by atomic mass is 16.6. The first-order valence-electron chi connectivity index (χ1n) is 7.65. The molecule has 0 unspecified atom stereocenters. The zero-order chi connectivity index (χ0) is 18.0. The smallest absolute Gasteiger partial charge is 0.414 e. The van der Waals surface area contributed by atoms with Crippen molar-refractivity contribution in [1.82, 2.24) is 4.98 Å². The monoisotopic (exact) mass is 340 g/mol. The Morgan fingerprint density at radius 3 is 2.80 bits per heavy atom. The Balaban J connectivity index is 1.84. The quantitative estimate of drug-likeness (QED) is 0.657. The Hall–Kier alpha value is -3.35. The van der Waals surface area contributed by atoms with Gasteiger partial charge in [-0.3, -0.25) is 14.5 Å². The van der Waals surface area contributed by atoms with Gasteiger partial charge in [0, 0.05) is 11.4 Å². The first-order valence-corrected chi connectivity index (χ1v) is 7.65. The van der Waals surface area contributed by atoms with Gasteiger partial charge >= 0.3 is 6.09 Å². The number of amides is 1. The highest BCUT2D eigenvalue weighted by molar-refractivity contribution is 6.08. The van der Waals surface area contributed by atoms with Gasteiger partial charge in [-0.15, -0.1) is 0 Å². The highest BCUT2D eigenvalue weighted by Crippen LogP contribution is 2.21.